The van der Waals surface area contributed by atoms with Crippen LogP contribution in [0.25, 0.3) is 0 Å². The maximum absolute atomic E-state index is 12.5. The Hall–Kier alpha value is -2.84. The quantitative estimate of drug-likeness (QED) is 0.314. The van der Waals surface area contributed by atoms with Crippen molar-refractivity contribution in [3.63, 3.8) is 0 Å². The van der Waals surface area contributed by atoms with Gasteiger partial charge in [-0.1, -0.05) is 6.42 Å². The Morgan fingerprint density at radius 1 is 1.23 bits per heavy atom. The third-order valence-corrected chi connectivity index (χ3v) is 4.75. The molecule has 140 valence electrons. The zero-order valence-electron chi connectivity index (χ0n) is 14.4. The highest BCUT2D eigenvalue weighted by Crippen LogP contribution is 2.40. The number of Topliss-reactive ketones (excluding diaryl/α,β-unsaturated/α-hetero) is 1. The monoisotopic (exact) mass is 364 g/mol. The van der Waals surface area contributed by atoms with Crippen molar-refractivity contribution in [1.29, 1.82) is 0 Å². The van der Waals surface area contributed by atoms with Gasteiger partial charge in [0, 0.05) is 18.1 Å². The van der Waals surface area contributed by atoms with E-state index < -0.39 is 21.2 Å². The molecule has 0 heterocycles. The van der Waals surface area contributed by atoms with Crippen LogP contribution in [0.3, 0.4) is 0 Å². The van der Waals surface area contributed by atoms with Crippen molar-refractivity contribution in [2.24, 2.45) is 5.41 Å². The van der Waals surface area contributed by atoms with Gasteiger partial charge in [-0.15, -0.1) is 0 Å². The molecule has 1 saturated carbocycles. The molecule has 0 bridgehead atoms. The lowest BCUT2D eigenvalue weighted by molar-refractivity contribution is -0.394. The number of nitro benzene ring substituents is 2. The molecule has 0 aromatic heterocycles. The van der Waals surface area contributed by atoms with Gasteiger partial charge >= 0.3 is 5.97 Å². The van der Waals surface area contributed by atoms with Crippen LogP contribution < -0.4 is 0 Å². The van der Waals surface area contributed by atoms with Crippen LogP contribution in [-0.4, -0.2) is 28.2 Å². The number of hydrogen-bond donors (Lipinski definition) is 0. The smallest absolute Gasteiger partial charge is 0.319 e. The van der Waals surface area contributed by atoms with E-state index in [1.54, 1.807) is 6.92 Å². The van der Waals surface area contributed by atoms with Gasteiger partial charge in [0.15, 0.2) is 0 Å². The number of aryl methyl sites for hydroxylation is 1. The predicted octanol–water partition coefficient (Wildman–Crippen LogP) is 3.13. The highest BCUT2D eigenvalue weighted by molar-refractivity contribution is 6.04. The minimum absolute atomic E-state index is 0.0822. The van der Waals surface area contributed by atoms with Crippen molar-refractivity contribution in [1.82, 2.24) is 0 Å². The van der Waals surface area contributed by atoms with E-state index in [4.69, 9.17) is 4.74 Å². The summed E-state index contributed by atoms with van der Waals surface area (Å²) in [6.45, 7) is 1.80. The first-order valence-electron chi connectivity index (χ1n) is 8.44. The number of nitrogens with zero attached hydrogens (tertiary/aromatic N) is 2. The molecule has 2 rings (SSSR count). The first-order valence-corrected chi connectivity index (χ1v) is 8.44. The largest absolute Gasteiger partial charge is 0.465 e. The Balaban J connectivity index is 2.31. The highest BCUT2D eigenvalue weighted by atomic mass is 16.6. The number of benzene rings is 1. The molecule has 1 atom stereocenters. The average Bonchev–Trinajstić information content (AvgIpc) is 2.61. The number of hydrogen-bond acceptors (Lipinski definition) is 7. The summed E-state index contributed by atoms with van der Waals surface area (Å²) >= 11 is 0. The van der Waals surface area contributed by atoms with E-state index in [1.807, 2.05) is 0 Å². The molecule has 0 saturated heterocycles. The summed E-state index contributed by atoms with van der Waals surface area (Å²) in [7, 11) is 0. The molecule has 1 aromatic rings. The summed E-state index contributed by atoms with van der Waals surface area (Å²) in [5.74, 6) is -0.791. The molecule has 9 heteroatoms. The van der Waals surface area contributed by atoms with Crippen LogP contribution >= 0.6 is 0 Å². The van der Waals surface area contributed by atoms with E-state index in [9.17, 15) is 29.8 Å². The van der Waals surface area contributed by atoms with Crippen molar-refractivity contribution in [2.45, 2.75) is 45.4 Å². The van der Waals surface area contributed by atoms with Gasteiger partial charge in [0.25, 0.3) is 11.4 Å². The number of ketones is 1. The van der Waals surface area contributed by atoms with Crippen LogP contribution in [0.15, 0.2) is 18.2 Å². The molecular weight excluding hydrogens is 344 g/mol. The molecule has 0 radical (unpaired) electrons. The van der Waals surface area contributed by atoms with Gasteiger partial charge in [-0.3, -0.25) is 29.8 Å². The first-order chi connectivity index (χ1) is 12.3. The molecule has 26 heavy (non-hydrogen) atoms. The molecular formula is C17H20N2O7. The van der Waals surface area contributed by atoms with Crippen molar-refractivity contribution in [3.05, 3.63) is 44.0 Å². The molecule has 0 unspecified atom stereocenters. The van der Waals surface area contributed by atoms with Gasteiger partial charge in [-0.2, -0.15) is 0 Å². The van der Waals surface area contributed by atoms with Gasteiger partial charge in [0.05, 0.1) is 22.5 Å². The van der Waals surface area contributed by atoms with E-state index >= 15 is 0 Å². The Morgan fingerprint density at radius 2 is 1.96 bits per heavy atom. The lowest BCUT2D eigenvalue weighted by atomic mass is 9.69. The van der Waals surface area contributed by atoms with Gasteiger partial charge in [-0.05, 0) is 38.7 Å². The van der Waals surface area contributed by atoms with Gasteiger partial charge in [0.2, 0.25) is 0 Å². The molecule has 0 N–H and O–H groups in total. The van der Waals surface area contributed by atoms with E-state index in [1.165, 1.54) is 12.1 Å². The number of carbonyl (C=O) groups excluding carboxylic acids is 2. The summed E-state index contributed by atoms with van der Waals surface area (Å²) in [4.78, 5) is 45.6. The van der Waals surface area contributed by atoms with Crippen LogP contribution in [-0.2, 0) is 20.7 Å². The lowest BCUT2D eigenvalue weighted by Gasteiger charge is -2.33. The summed E-state index contributed by atoms with van der Waals surface area (Å²) in [5.41, 5.74) is -1.80. The number of carbonyl (C=O) groups is 2. The van der Waals surface area contributed by atoms with Crippen molar-refractivity contribution in [2.75, 3.05) is 6.61 Å². The third-order valence-electron chi connectivity index (χ3n) is 4.75. The second-order valence-corrected chi connectivity index (χ2v) is 6.26. The Kier molecular flexibility index (Phi) is 6.01. The second-order valence-electron chi connectivity index (χ2n) is 6.26. The van der Waals surface area contributed by atoms with Crippen molar-refractivity contribution < 1.29 is 24.2 Å². The molecule has 1 aliphatic rings. The number of non-ortho nitro benzene ring substituents is 1. The van der Waals surface area contributed by atoms with Crippen molar-refractivity contribution >= 4 is 23.1 Å². The zero-order valence-corrected chi connectivity index (χ0v) is 14.4. The fourth-order valence-corrected chi connectivity index (χ4v) is 3.34. The second kappa shape index (κ2) is 8.03. The van der Waals surface area contributed by atoms with Crippen molar-refractivity contribution in [3.8, 4) is 0 Å². The van der Waals surface area contributed by atoms with E-state index in [0.29, 0.717) is 19.3 Å². The number of rotatable bonds is 7. The molecule has 0 aliphatic heterocycles. The van der Waals surface area contributed by atoms with E-state index in [2.05, 4.69) is 0 Å². The van der Waals surface area contributed by atoms with Crippen LogP contribution in [0, 0.1) is 25.6 Å². The third kappa shape index (κ3) is 3.87. The molecule has 9 nitrogen and oxygen atoms in total. The summed E-state index contributed by atoms with van der Waals surface area (Å²) in [6, 6.07) is 3.39. The molecule has 0 spiro atoms. The maximum atomic E-state index is 12.5. The summed E-state index contributed by atoms with van der Waals surface area (Å²) in [5, 5.41) is 22.1. The van der Waals surface area contributed by atoms with Crippen LogP contribution in [0.5, 0.6) is 0 Å². The minimum Gasteiger partial charge on any atom is -0.465 e. The first kappa shape index (κ1) is 19.5. The van der Waals surface area contributed by atoms with Crippen LogP contribution in [0.2, 0.25) is 0 Å². The molecule has 0 amide bonds. The molecule has 1 aromatic carbocycles. The lowest BCUT2D eigenvalue weighted by Crippen LogP contribution is -2.43. The number of esters is 1. The minimum atomic E-state index is -1.29. The number of ether oxygens (including phenoxy) is 1. The molecule has 1 aliphatic carbocycles. The fraction of sp³-hybridized carbons (Fsp3) is 0.529. The van der Waals surface area contributed by atoms with E-state index in [-0.39, 0.29) is 48.6 Å². The Morgan fingerprint density at radius 3 is 2.54 bits per heavy atom. The van der Waals surface area contributed by atoms with Gasteiger partial charge in [0.1, 0.15) is 11.2 Å². The fourth-order valence-electron chi connectivity index (χ4n) is 3.34. The highest BCUT2D eigenvalue weighted by Gasteiger charge is 2.47. The Labute approximate surface area is 149 Å². The predicted molar refractivity (Wildman–Crippen MR) is 90.6 cm³/mol. The van der Waals surface area contributed by atoms with Crippen LogP contribution in [0.4, 0.5) is 11.4 Å². The summed E-state index contributed by atoms with van der Waals surface area (Å²) < 4.78 is 5.09. The zero-order chi connectivity index (χ0) is 19.3. The normalized spacial score (nSPS) is 19.8. The van der Waals surface area contributed by atoms with E-state index in [0.717, 1.165) is 6.07 Å². The SMILES string of the molecule is CCOC(=O)[C@@]1(CCc2ccc([N+](=O)[O-])cc2[N+](=O)[O-])CCCCC1=O. The van der Waals surface area contributed by atoms with Gasteiger partial charge in [-0.25, -0.2) is 0 Å². The summed E-state index contributed by atoms with van der Waals surface area (Å²) in [6.07, 6.45) is 2.21. The standard InChI is InChI=1S/C17H20N2O7/c1-2-26-16(21)17(9-4-3-5-15(17)20)10-8-12-6-7-13(18(22)23)11-14(12)19(24)25/h6-7,11H,2-5,8-10H2,1H3/t17-/m1/s1. The Bertz CT molecular complexity index is 747. The maximum Gasteiger partial charge on any atom is 0.319 e. The van der Waals surface area contributed by atoms with Gasteiger partial charge < -0.3 is 4.74 Å². The topological polar surface area (TPSA) is 130 Å². The number of nitro groups is 2. The van der Waals surface area contributed by atoms with Crippen LogP contribution in [0.1, 0.15) is 44.6 Å². The molecule has 1 fully saturated rings. The average molecular weight is 364 g/mol.